The first-order chi connectivity index (χ1) is 10.00. The molecule has 0 aliphatic heterocycles. The van der Waals surface area contributed by atoms with Gasteiger partial charge in [0.25, 0.3) is 0 Å². The number of phenolic OH excluding ortho intramolecular Hbond substituents is 2. The van der Waals surface area contributed by atoms with Crippen molar-refractivity contribution in [2.24, 2.45) is 0 Å². The predicted octanol–water partition coefficient (Wildman–Crippen LogP) is 5.44. The van der Waals surface area contributed by atoms with Gasteiger partial charge in [-0.3, -0.25) is 0 Å². The lowest BCUT2D eigenvalue weighted by atomic mass is 10.2. The van der Waals surface area contributed by atoms with Gasteiger partial charge in [-0.2, -0.15) is 26.3 Å². The molecule has 0 unspecified atom stereocenters. The minimum Gasteiger partial charge on any atom is -0.508 e. The lowest BCUT2D eigenvalue weighted by molar-refractivity contribution is -0.138. The zero-order chi connectivity index (χ0) is 17.0. The highest BCUT2D eigenvalue weighted by Gasteiger charge is 2.30. The number of hydrogen-bond acceptors (Lipinski definition) is 2. The van der Waals surface area contributed by atoms with Crippen LogP contribution in [0.2, 0.25) is 0 Å². The number of hydrogen-bond donors (Lipinski definition) is 2. The van der Waals surface area contributed by atoms with E-state index in [-0.39, 0.29) is 35.5 Å². The summed E-state index contributed by atoms with van der Waals surface area (Å²) in [5.74, 6) is -0.337. The van der Waals surface area contributed by atoms with Crippen molar-refractivity contribution in [2.45, 2.75) is 12.4 Å². The zero-order valence-corrected chi connectivity index (χ0v) is 13.5. The highest BCUT2D eigenvalue weighted by atomic mass is 127. The summed E-state index contributed by atoms with van der Waals surface area (Å²) in [6.45, 7) is 0. The lowest BCUT2D eigenvalue weighted by Crippen LogP contribution is -2.03. The summed E-state index contributed by atoms with van der Waals surface area (Å²) in [6.07, 6.45) is -8.65. The van der Waals surface area contributed by atoms with Gasteiger partial charge in [-0.1, -0.05) is 0 Å². The molecule has 2 nitrogen and oxygen atoms in total. The van der Waals surface area contributed by atoms with E-state index in [0.29, 0.717) is 0 Å². The average Bonchev–Trinajstić information content (AvgIpc) is 2.38. The predicted molar refractivity (Wildman–Crippen MR) is 81.6 cm³/mol. The second-order valence-electron chi connectivity index (χ2n) is 4.09. The second kappa shape index (κ2) is 8.27. The second-order valence-corrected chi connectivity index (χ2v) is 4.09. The molecule has 2 aromatic rings. The third-order valence-corrected chi connectivity index (χ3v) is 2.39. The quantitative estimate of drug-likeness (QED) is 0.413. The first kappa shape index (κ1) is 21.4. The van der Waals surface area contributed by atoms with Crippen LogP contribution in [-0.2, 0) is 12.4 Å². The van der Waals surface area contributed by atoms with Crippen LogP contribution in [0, 0.1) is 0 Å². The number of phenols is 2. The van der Waals surface area contributed by atoms with Gasteiger partial charge in [-0.15, -0.1) is 24.0 Å². The molecular formula is C14H11F6IO2. The Labute approximate surface area is 144 Å². The fraction of sp³-hybridized carbons (Fsp3) is 0.143. The summed E-state index contributed by atoms with van der Waals surface area (Å²) >= 11 is 0. The van der Waals surface area contributed by atoms with Crippen molar-refractivity contribution in [3.8, 4) is 11.5 Å². The molecule has 23 heavy (non-hydrogen) atoms. The maximum atomic E-state index is 11.8. The zero-order valence-electron chi connectivity index (χ0n) is 11.2. The first-order valence-electron chi connectivity index (χ1n) is 5.72. The van der Waals surface area contributed by atoms with Crippen LogP contribution in [0.25, 0.3) is 0 Å². The van der Waals surface area contributed by atoms with Crippen LogP contribution in [0.4, 0.5) is 26.3 Å². The molecule has 0 saturated heterocycles. The smallest absolute Gasteiger partial charge is 0.416 e. The SMILES string of the molecule is I.Oc1ccc(C(F)(F)F)cc1.Oc1ccc(C(F)(F)F)cc1. The van der Waals surface area contributed by atoms with Gasteiger partial charge >= 0.3 is 12.4 Å². The van der Waals surface area contributed by atoms with Crippen molar-refractivity contribution in [2.75, 3.05) is 0 Å². The van der Waals surface area contributed by atoms with E-state index in [0.717, 1.165) is 48.5 Å². The molecule has 0 aromatic heterocycles. The van der Waals surface area contributed by atoms with E-state index >= 15 is 0 Å². The van der Waals surface area contributed by atoms with Gasteiger partial charge in [0.15, 0.2) is 0 Å². The molecule has 0 radical (unpaired) electrons. The van der Waals surface area contributed by atoms with Crippen LogP contribution in [-0.4, -0.2) is 10.2 Å². The van der Waals surface area contributed by atoms with Gasteiger partial charge in [-0.05, 0) is 48.5 Å². The maximum absolute atomic E-state index is 11.8. The molecule has 0 amide bonds. The van der Waals surface area contributed by atoms with Crippen molar-refractivity contribution < 1.29 is 36.6 Å². The summed E-state index contributed by atoms with van der Waals surface area (Å²) in [5, 5.41) is 17.3. The first-order valence-corrected chi connectivity index (χ1v) is 5.72. The molecule has 0 aliphatic rings. The van der Waals surface area contributed by atoms with Crippen LogP contribution in [0.1, 0.15) is 11.1 Å². The third-order valence-electron chi connectivity index (χ3n) is 2.39. The summed E-state index contributed by atoms with van der Waals surface area (Å²) in [6, 6.07) is 7.33. The molecule has 0 bridgehead atoms. The number of benzene rings is 2. The minimum atomic E-state index is -4.33. The van der Waals surface area contributed by atoms with Crippen molar-refractivity contribution in [3.63, 3.8) is 0 Å². The van der Waals surface area contributed by atoms with Crippen molar-refractivity contribution in [1.82, 2.24) is 0 Å². The van der Waals surface area contributed by atoms with Crippen LogP contribution < -0.4 is 0 Å². The van der Waals surface area contributed by atoms with Crippen LogP contribution in [0.3, 0.4) is 0 Å². The molecule has 2 aromatic carbocycles. The summed E-state index contributed by atoms with van der Waals surface area (Å²) in [5.41, 5.74) is -1.51. The molecule has 0 fully saturated rings. The van der Waals surface area contributed by atoms with E-state index in [4.69, 9.17) is 10.2 Å². The van der Waals surface area contributed by atoms with Crippen molar-refractivity contribution in [1.29, 1.82) is 0 Å². The maximum Gasteiger partial charge on any atom is 0.416 e. The Morgan fingerprint density at radius 2 is 0.739 bits per heavy atom. The van der Waals surface area contributed by atoms with E-state index in [1.807, 2.05) is 0 Å². The number of alkyl halides is 6. The molecule has 0 aliphatic carbocycles. The Hall–Kier alpha value is -1.65. The van der Waals surface area contributed by atoms with Crippen LogP contribution in [0.5, 0.6) is 11.5 Å². The molecule has 128 valence electrons. The fourth-order valence-electron chi connectivity index (χ4n) is 1.30. The molecule has 0 spiro atoms. The molecule has 0 atom stereocenters. The van der Waals surface area contributed by atoms with Gasteiger partial charge in [0.2, 0.25) is 0 Å². The van der Waals surface area contributed by atoms with Gasteiger partial charge in [0.05, 0.1) is 11.1 Å². The molecule has 0 saturated carbocycles. The Kier molecular flexibility index (Phi) is 7.68. The Bertz CT molecular complexity index is 535. The van der Waals surface area contributed by atoms with E-state index in [1.165, 1.54) is 0 Å². The van der Waals surface area contributed by atoms with Crippen LogP contribution >= 0.6 is 24.0 Å². The topological polar surface area (TPSA) is 40.5 Å². The Balaban J connectivity index is 0.000000403. The largest absolute Gasteiger partial charge is 0.508 e. The van der Waals surface area contributed by atoms with Crippen molar-refractivity contribution >= 4 is 24.0 Å². The summed E-state index contributed by atoms with van der Waals surface area (Å²) < 4.78 is 71.0. The van der Waals surface area contributed by atoms with E-state index in [1.54, 1.807) is 0 Å². The van der Waals surface area contributed by atoms with Gasteiger partial charge in [-0.25, -0.2) is 0 Å². The van der Waals surface area contributed by atoms with E-state index in [9.17, 15) is 26.3 Å². The minimum absolute atomic E-state index is 0. The van der Waals surface area contributed by atoms with Gasteiger partial charge < -0.3 is 10.2 Å². The summed E-state index contributed by atoms with van der Waals surface area (Å²) in [4.78, 5) is 0. The number of halogens is 7. The molecule has 0 heterocycles. The Morgan fingerprint density at radius 3 is 0.913 bits per heavy atom. The van der Waals surface area contributed by atoms with Gasteiger partial charge in [0, 0.05) is 0 Å². The van der Waals surface area contributed by atoms with Crippen molar-refractivity contribution in [3.05, 3.63) is 59.7 Å². The summed E-state index contributed by atoms with van der Waals surface area (Å²) in [7, 11) is 0. The van der Waals surface area contributed by atoms with E-state index < -0.39 is 23.5 Å². The number of aromatic hydroxyl groups is 2. The average molecular weight is 452 g/mol. The van der Waals surface area contributed by atoms with Crippen LogP contribution in [0.15, 0.2) is 48.5 Å². The highest BCUT2D eigenvalue weighted by Crippen LogP contribution is 2.30. The molecule has 2 rings (SSSR count). The molecule has 9 heteroatoms. The Morgan fingerprint density at radius 1 is 0.522 bits per heavy atom. The fourth-order valence-corrected chi connectivity index (χ4v) is 1.30. The monoisotopic (exact) mass is 452 g/mol. The molecule has 2 N–H and O–H groups in total. The molecular weight excluding hydrogens is 441 g/mol. The highest BCUT2D eigenvalue weighted by molar-refractivity contribution is 14.0. The van der Waals surface area contributed by atoms with Gasteiger partial charge in [0.1, 0.15) is 11.5 Å². The normalized spacial score (nSPS) is 11.0. The standard InChI is InChI=1S/2C7H5F3O.HI/c2*8-7(9,10)5-1-3-6(11)4-2-5;/h2*1-4,11H;1H. The third kappa shape index (κ3) is 7.44. The lowest BCUT2D eigenvalue weighted by Gasteiger charge is -2.04. The van der Waals surface area contributed by atoms with E-state index in [2.05, 4.69) is 0 Å². The number of rotatable bonds is 0.